The number of benzene rings is 9. The lowest BCUT2D eigenvalue weighted by atomic mass is 9.72. The molecule has 0 saturated heterocycles. The molecule has 4 aromatic heterocycles. The van der Waals surface area contributed by atoms with Gasteiger partial charge in [-0.05, 0) is 175 Å². The van der Waals surface area contributed by atoms with Crippen molar-refractivity contribution in [3.63, 3.8) is 0 Å². The summed E-state index contributed by atoms with van der Waals surface area (Å²) in [5.41, 5.74) is 1.31. The summed E-state index contributed by atoms with van der Waals surface area (Å²) in [6, 6.07) is 48.5. The normalized spacial score (nSPS) is 12.2. The Morgan fingerprint density at radius 2 is 0.944 bits per heavy atom. The van der Waals surface area contributed by atoms with Crippen LogP contribution in [0.5, 0.6) is 0 Å². The minimum absolute atomic E-state index is 0.185. The molecule has 8 aromatic carbocycles. The van der Waals surface area contributed by atoms with Crippen molar-refractivity contribution in [3.05, 3.63) is 242 Å². The number of aryl methyl sites for hydroxylation is 4. The number of rotatable bonds is 19. The van der Waals surface area contributed by atoms with Gasteiger partial charge in [0, 0.05) is 125 Å². The first-order valence-electron chi connectivity index (χ1n) is 35.3. The summed E-state index contributed by atoms with van der Waals surface area (Å²) in [6.45, 7) is 25.3. The number of alkyl halides is 6. The van der Waals surface area contributed by atoms with Gasteiger partial charge in [0.1, 0.15) is 67.9 Å². The van der Waals surface area contributed by atoms with Crippen LogP contribution in [0.25, 0.3) is 100 Å². The Labute approximate surface area is 612 Å². The SMILES string of the molecule is CCC[N+](CCC)=c1ccc2c(-c3ccccc3S(=O)(=O)[O-])c3ccc(N(CC)CC)cc3oc-2c1.CCN(c1ccc2cc(-c3nc4cc(C(c5ccc6oc(-c7cc8ccc(N(CC)c9ccc(C)cc9C)cc8oc7=O)nc6c5)(C(F)(F)F)C(F)(F)F)ccc4o3)c(=O)oc2c1)c1ccc(C)cc1C. The minimum atomic E-state index is -5.99. The van der Waals surface area contributed by atoms with Crippen LogP contribution in [0.2, 0.25) is 0 Å². The van der Waals surface area contributed by atoms with E-state index < -0.39 is 50.3 Å². The molecule has 0 fully saturated rings. The van der Waals surface area contributed by atoms with Crippen molar-refractivity contribution in [2.75, 3.05) is 54.0 Å². The van der Waals surface area contributed by atoms with Gasteiger partial charge < -0.3 is 41.3 Å². The Morgan fingerprint density at radius 1 is 0.458 bits per heavy atom. The first-order valence-corrected chi connectivity index (χ1v) is 36.7. The van der Waals surface area contributed by atoms with Crippen molar-refractivity contribution >= 4 is 93.7 Å². The third-order valence-corrected chi connectivity index (χ3v) is 20.4. The second kappa shape index (κ2) is 29.2. The van der Waals surface area contributed by atoms with E-state index >= 15 is 26.3 Å². The third kappa shape index (κ3) is 13.9. The summed E-state index contributed by atoms with van der Waals surface area (Å²) in [7, 11) is -4.68. The van der Waals surface area contributed by atoms with E-state index in [1.807, 2.05) is 108 Å². The lowest BCUT2D eigenvalue weighted by molar-refractivity contribution is -0.288. The molecular weight excluding hydrogens is 1400 g/mol. The molecule has 1 aliphatic heterocycles. The molecule has 0 amide bonds. The van der Waals surface area contributed by atoms with Gasteiger partial charge in [0.15, 0.2) is 11.2 Å². The van der Waals surface area contributed by atoms with E-state index in [-0.39, 0.29) is 61.2 Å². The fourth-order valence-corrected chi connectivity index (χ4v) is 15.2. The highest BCUT2D eigenvalue weighted by Gasteiger charge is 2.72. The molecule has 0 bridgehead atoms. The van der Waals surface area contributed by atoms with E-state index in [4.69, 9.17) is 22.1 Å². The van der Waals surface area contributed by atoms with Gasteiger partial charge in [-0.15, -0.1) is 0 Å². The summed E-state index contributed by atoms with van der Waals surface area (Å²) in [6.07, 6.45) is -9.92. The maximum Gasteiger partial charge on any atom is 0.411 e. The number of fused-ring (bicyclic) bond motifs is 6. The maximum absolute atomic E-state index is 15.5. The zero-order valence-electron chi connectivity index (χ0n) is 60.4. The Bertz CT molecular complexity index is 5790. The zero-order chi connectivity index (χ0) is 76.2. The predicted molar refractivity (Wildman–Crippen MR) is 406 cm³/mol. The topological polar surface area (TPSA) is 196 Å². The molecule has 0 saturated carbocycles. The van der Waals surface area contributed by atoms with Crippen molar-refractivity contribution in [1.29, 1.82) is 0 Å². The van der Waals surface area contributed by atoms with E-state index in [2.05, 4.69) is 75.1 Å². The van der Waals surface area contributed by atoms with Gasteiger partial charge in [-0.1, -0.05) is 79.6 Å². The Kier molecular flexibility index (Phi) is 20.2. The van der Waals surface area contributed by atoms with Crippen LogP contribution in [0.1, 0.15) is 87.8 Å². The van der Waals surface area contributed by atoms with E-state index in [1.165, 1.54) is 18.2 Å². The molecule has 1 aliphatic carbocycles. The number of nitrogens with zero attached hydrogens (tertiary/aromatic N) is 6. The summed E-state index contributed by atoms with van der Waals surface area (Å²) >= 11 is 0. The Balaban J connectivity index is 0.000000236. The smallest absolute Gasteiger partial charge is 0.411 e. The number of hydrogen-bond acceptors (Lipinski definition) is 15. The van der Waals surface area contributed by atoms with Crippen LogP contribution in [-0.2, 0) is 15.5 Å². The number of aromatic nitrogens is 2. The summed E-state index contributed by atoms with van der Waals surface area (Å²) < 4.78 is 162. The molecule has 0 radical (unpaired) electrons. The first kappa shape index (κ1) is 74.0. The molecule has 5 heterocycles. The molecular formula is C84H76F6N6O10S. The summed E-state index contributed by atoms with van der Waals surface area (Å²) in [5.74, 6) is -0.0910. The quantitative estimate of drug-likeness (QED) is 0.0244. The third-order valence-electron chi connectivity index (χ3n) is 19.5. The number of anilines is 5. The highest BCUT2D eigenvalue weighted by molar-refractivity contribution is 7.85. The zero-order valence-corrected chi connectivity index (χ0v) is 61.2. The lowest BCUT2D eigenvalue weighted by Crippen LogP contribution is -2.54. The van der Waals surface area contributed by atoms with E-state index in [9.17, 15) is 22.6 Å². The molecule has 2 aliphatic rings. The van der Waals surface area contributed by atoms with Crippen LogP contribution in [0.4, 0.5) is 54.8 Å². The molecule has 550 valence electrons. The van der Waals surface area contributed by atoms with Crippen LogP contribution < -0.4 is 35.9 Å². The van der Waals surface area contributed by atoms with Crippen molar-refractivity contribution < 1.29 is 61.4 Å². The average Bonchev–Trinajstić information content (AvgIpc) is 1.57. The van der Waals surface area contributed by atoms with Crippen molar-refractivity contribution in [2.24, 2.45) is 0 Å². The van der Waals surface area contributed by atoms with Crippen molar-refractivity contribution in [1.82, 2.24) is 14.5 Å². The maximum atomic E-state index is 15.5. The largest absolute Gasteiger partial charge is 0.744 e. The minimum Gasteiger partial charge on any atom is -0.744 e. The van der Waals surface area contributed by atoms with Crippen LogP contribution in [0, 0.1) is 27.7 Å². The lowest BCUT2D eigenvalue weighted by Gasteiger charge is -2.38. The van der Waals surface area contributed by atoms with Crippen LogP contribution in [0.3, 0.4) is 0 Å². The fraction of sp³-hybridized carbons (Fsp3) is 0.250. The van der Waals surface area contributed by atoms with E-state index in [1.54, 1.807) is 42.5 Å². The highest BCUT2D eigenvalue weighted by Crippen LogP contribution is 2.57. The first-order chi connectivity index (χ1) is 51.1. The predicted octanol–water partition coefficient (Wildman–Crippen LogP) is 20.0. The number of halogens is 6. The van der Waals surface area contributed by atoms with Crippen LogP contribution in [0.15, 0.2) is 219 Å². The molecule has 0 unspecified atom stereocenters. The molecule has 16 nitrogen and oxygen atoms in total. The molecule has 14 rings (SSSR count). The molecule has 12 aromatic rings. The van der Waals surface area contributed by atoms with Gasteiger partial charge in [0.25, 0.3) is 0 Å². The van der Waals surface area contributed by atoms with Gasteiger partial charge in [0.2, 0.25) is 22.6 Å². The summed E-state index contributed by atoms with van der Waals surface area (Å²) in [4.78, 5) is 41.5. The molecule has 0 N–H and O–H groups in total. The van der Waals surface area contributed by atoms with Crippen molar-refractivity contribution in [2.45, 2.75) is 105 Å². The Morgan fingerprint density at radius 3 is 1.40 bits per heavy atom. The van der Waals surface area contributed by atoms with Crippen molar-refractivity contribution in [3.8, 4) is 45.4 Å². The molecule has 107 heavy (non-hydrogen) atoms. The molecule has 0 atom stereocenters. The second-order valence-electron chi connectivity index (χ2n) is 26.5. The van der Waals surface area contributed by atoms with E-state index in [0.29, 0.717) is 70.6 Å². The molecule has 0 spiro atoms. The number of hydrogen-bond donors (Lipinski definition) is 0. The van der Waals surface area contributed by atoms with Crippen LogP contribution in [-0.4, -0.2) is 74.6 Å². The second-order valence-corrected chi connectivity index (χ2v) is 27.9. The van der Waals surface area contributed by atoms with Gasteiger partial charge in [-0.25, -0.2) is 32.6 Å². The van der Waals surface area contributed by atoms with E-state index in [0.717, 1.165) is 118 Å². The Hall–Kier alpha value is -11.3. The standard InChI is InChI=1S/C55H42F6N4O6.C29H34N2O4S/c1-7-64(43-17-9-29(3)21-31(43)5)37-15-11-33-23-39(51(66)70-47(33)27-37)49-62-41-25-35(13-19-45(41)68-49)53(54(56,57)58,55(59,60)61)36-14-20-46-42(26-36)63-50(69-46)40-24-34-12-16-38(28-48(34)71-52(40)67)65(8-2)44-18-10-30(4)22-32(44)6;1-5-17-31(18-6-2)22-14-16-24-27(20-22)35-26-19-21(30(7-3)8-4)13-15-23(26)29(24)25-11-9-10-12-28(25)36(32,33)34/h9-28H,7-8H2,1-6H3;9-16,19-20H,5-8,17-18H2,1-4H3. The average molecular weight is 1480 g/mol. The van der Waals surface area contributed by atoms with Crippen LogP contribution >= 0.6 is 0 Å². The number of oxazole rings is 2. The van der Waals surface area contributed by atoms with Gasteiger partial charge in [-0.3, -0.25) is 0 Å². The van der Waals surface area contributed by atoms with Gasteiger partial charge in [0.05, 0.1) is 11.0 Å². The fourth-order valence-electron chi connectivity index (χ4n) is 14.5. The van der Waals surface area contributed by atoms with Gasteiger partial charge in [-0.2, -0.15) is 26.3 Å². The van der Waals surface area contributed by atoms with Gasteiger partial charge >= 0.3 is 23.6 Å². The molecule has 23 heteroatoms. The monoisotopic (exact) mass is 1470 g/mol. The summed E-state index contributed by atoms with van der Waals surface area (Å²) in [5, 5.41) is 2.75. The highest BCUT2D eigenvalue weighted by atomic mass is 32.2.